The minimum atomic E-state index is -1.13. The molecule has 3 aromatic rings. The summed E-state index contributed by atoms with van der Waals surface area (Å²) in [6.45, 7) is -0.387. The number of nitro groups is 1. The maximum Gasteiger partial charge on any atom is 0.335 e. The Morgan fingerprint density at radius 3 is 2.59 bits per heavy atom. The van der Waals surface area contributed by atoms with Gasteiger partial charge in [0.05, 0.1) is 22.0 Å². The first-order valence-electron chi connectivity index (χ1n) is 7.54. The molecule has 1 heterocycles. The molecule has 0 bridgehead atoms. The second-order valence-corrected chi connectivity index (χ2v) is 5.90. The van der Waals surface area contributed by atoms with Crippen LogP contribution < -0.4 is 22.3 Å². The molecule has 0 aliphatic carbocycles. The number of halogens is 1. The van der Waals surface area contributed by atoms with E-state index in [4.69, 9.17) is 17.3 Å². The highest BCUT2D eigenvalue weighted by molar-refractivity contribution is 6.34. The van der Waals surface area contributed by atoms with Gasteiger partial charge >= 0.3 is 16.8 Å². The van der Waals surface area contributed by atoms with Gasteiger partial charge < -0.3 is 16.1 Å². The predicted octanol–water partition coefficient (Wildman–Crippen LogP) is 1.26. The third kappa shape index (κ3) is 3.25. The van der Waals surface area contributed by atoms with Crippen molar-refractivity contribution in [2.75, 3.05) is 17.7 Å². The first kappa shape index (κ1) is 18.1. The number of nitrogens with one attached hydrogen (secondary N) is 2. The van der Waals surface area contributed by atoms with E-state index in [2.05, 4.69) is 10.4 Å². The van der Waals surface area contributed by atoms with Crippen molar-refractivity contribution in [2.45, 2.75) is 0 Å². The van der Waals surface area contributed by atoms with Crippen molar-refractivity contribution in [3.8, 4) is 0 Å². The largest absolute Gasteiger partial charge is 0.392 e. The van der Waals surface area contributed by atoms with E-state index >= 15 is 0 Å². The molecule has 0 amide bonds. The number of nitrogens with zero attached hydrogens (tertiary/aromatic N) is 2. The Labute approximate surface area is 155 Å². The SMILES string of the molecule is Nc1c(Cl)cc2[nH]c(=O)c(=O)n(NCC(=O)c3ccccc3)c2c1[N+](=O)[O-]. The lowest BCUT2D eigenvalue weighted by molar-refractivity contribution is -0.382. The molecule has 11 heteroatoms. The van der Waals surface area contributed by atoms with Crippen molar-refractivity contribution in [1.82, 2.24) is 9.66 Å². The lowest BCUT2D eigenvalue weighted by Gasteiger charge is -2.13. The summed E-state index contributed by atoms with van der Waals surface area (Å²) in [6.07, 6.45) is 0. The molecule has 0 fully saturated rings. The topological polar surface area (TPSA) is 153 Å². The molecule has 10 nitrogen and oxygen atoms in total. The standard InChI is InChI=1S/C16H12ClN5O5/c17-9-6-10-13(14(12(9)18)22(26)27)21(16(25)15(24)20-10)19-7-11(23)8-4-2-1-3-5-8/h1-6,19H,7,18H2,(H,20,24). The van der Waals surface area contributed by atoms with Crippen LogP contribution in [0.15, 0.2) is 46.0 Å². The molecule has 1 aromatic heterocycles. The van der Waals surface area contributed by atoms with Crippen molar-refractivity contribution < 1.29 is 9.72 Å². The second kappa shape index (κ2) is 6.92. The van der Waals surface area contributed by atoms with Crippen molar-refractivity contribution in [2.24, 2.45) is 0 Å². The average molecular weight is 390 g/mol. The molecule has 0 radical (unpaired) electrons. The number of ketones is 1. The van der Waals surface area contributed by atoms with E-state index < -0.39 is 21.7 Å². The van der Waals surface area contributed by atoms with Gasteiger partial charge in [-0.2, -0.15) is 0 Å². The first-order chi connectivity index (χ1) is 12.8. The lowest BCUT2D eigenvalue weighted by Crippen LogP contribution is -2.42. The van der Waals surface area contributed by atoms with Crippen LogP contribution >= 0.6 is 11.6 Å². The summed E-state index contributed by atoms with van der Waals surface area (Å²) in [6, 6.07) is 9.39. The fraction of sp³-hybridized carbons (Fsp3) is 0.0625. The molecule has 0 saturated heterocycles. The quantitative estimate of drug-likeness (QED) is 0.195. The van der Waals surface area contributed by atoms with Gasteiger partial charge in [0.25, 0.3) is 0 Å². The van der Waals surface area contributed by atoms with Crippen LogP contribution in [0.5, 0.6) is 0 Å². The molecule has 2 aromatic carbocycles. The van der Waals surface area contributed by atoms with Crippen molar-refractivity contribution >= 4 is 39.8 Å². The van der Waals surface area contributed by atoms with E-state index in [1.165, 1.54) is 6.07 Å². The van der Waals surface area contributed by atoms with Gasteiger partial charge in [-0.1, -0.05) is 41.9 Å². The van der Waals surface area contributed by atoms with Crippen molar-refractivity contribution in [1.29, 1.82) is 0 Å². The predicted molar refractivity (Wildman–Crippen MR) is 99.9 cm³/mol. The molecule has 0 aliphatic heterocycles. The van der Waals surface area contributed by atoms with E-state index in [0.717, 1.165) is 0 Å². The fourth-order valence-corrected chi connectivity index (χ4v) is 2.75. The maximum atomic E-state index is 12.3. The highest BCUT2D eigenvalue weighted by Gasteiger charge is 2.25. The van der Waals surface area contributed by atoms with Crippen LogP contribution in [0.2, 0.25) is 5.02 Å². The number of Topliss-reactive ketones (excluding diaryl/α,β-unsaturated/α-hetero) is 1. The van der Waals surface area contributed by atoms with Gasteiger partial charge in [-0.05, 0) is 6.07 Å². The number of rotatable bonds is 5. The number of benzene rings is 2. The zero-order chi connectivity index (χ0) is 19.7. The van der Waals surface area contributed by atoms with E-state index in [1.54, 1.807) is 30.3 Å². The summed E-state index contributed by atoms with van der Waals surface area (Å²) >= 11 is 5.88. The molecule has 27 heavy (non-hydrogen) atoms. The van der Waals surface area contributed by atoms with Crippen molar-refractivity contribution in [3.05, 3.63) is 77.8 Å². The minimum absolute atomic E-state index is 0.0786. The normalized spacial score (nSPS) is 10.7. The Balaban J connectivity index is 2.17. The number of carbonyl (C=O) groups is 1. The van der Waals surface area contributed by atoms with E-state index in [9.17, 15) is 24.5 Å². The van der Waals surface area contributed by atoms with Crippen LogP contribution in [0.25, 0.3) is 11.0 Å². The third-order valence-electron chi connectivity index (χ3n) is 3.81. The summed E-state index contributed by atoms with van der Waals surface area (Å²) in [5.74, 6) is -0.388. The maximum absolute atomic E-state index is 12.3. The zero-order valence-electron chi connectivity index (χ0n) is 13.6. The second-order valence-electron chi connectivity index (χ2n) is 5.49. The Morgan fingerprint density at radius 1 is 1.30 bits per heavy atom. The molecule has 138 valence electrons. The Morgan fingerprint density at radius 2 is 1.96 bits per heavy atom. The molecule has 3 rings (SSSR count). The number of nitrogen functional groups attached to an aromatic ring is 1. The number of hydrogen-bond acceptors (Lipinski definition) is 7. The van der Waals surface area contributed by atoms with Gasteiger partial charge in [0, 0.05) is 5.56 Å². The van der Waals surface area contributed by atoms with Crippen molar-refractivity contribution in [3.63, 3.8) is 0 Å². The number of hydrogen-bond donors (Lipinski definition) is 3. The Bertz CT molecular complexity index is 1190. The van der Waals surface area contributed by atoms with Crippen LogP contribution in [0.4, 0.5) is 11.4 Å². The van der Waals surface area contributed by atoms with Gasteiger partial charge in [0.2, 0.25) is 0 Å². The number of nitro benzene ring substituents is 1. The van der Waals surface area contributed by atoms with Crippen LogP contribution in [-0.2, 0) is 0 Å². The summed E-state index contributed by atoms with van der Waals surface area (Å²) in [5.41, 5.74) is 4.93. The third-order valence-corrected chi connectivity index (χ3v) is 4.12. The number of nitrogens with two attached hydrogens (primary N) is 1. The smallest absolute Gasteiger partial charge is 0.335 e. The highest BCUT2D eigenvalue weighted by atomic mass is 35.5. The number of aromatic nitrogens is 2. The first-order valence-corrected chi connectivity index (χ1v) is 7.92. The molecule has 0 spiro atoms. The summed E-state index contributed by atoms with van der Waals surface area (Å²) in [5, 5.41) is 11.3. The minimum Gasteiger partial charge on any atom is -0.392 e. The number of carbonyl (C=O) groups excluding carboxylic acids is 1. The number of fused-ring (bicyclic) bond motifs is 1. The zero-order valence-corrected chi connectivity index (χ0v) is 14.3. The lowest BCUT2D eigenvalue weighted by atomic mass is 10.1. The number of H-pyrrole nitrogens is 1. The fourth-order valence-electron chi connectivity index (χ4n) is 2.55. The van der Waals surface area contributed by atoms with Crippen LogP contribution in [0.1, 0.15) is 10.4 Å². The highest BCUT2D eigenvalue weighted by Crippen LogP contribution is 2.35. The molecule has 0 atom stereocenters. The molecular formula is C16H12ClN5O5. The molecule has 0 unspecified atom stereocenters. The molecule has 0 saturated carbocycles. The van der Waals surface area contributed by atoms with E-state index in [-0.39, 0.29) is 34.1 Å². The number of aromatic amines is 1. The van der Waals surface area contributed by atoms with E-state index in [1.807, 2.05) is 0 Å². The van der Waals surface area contributed by atoms with Crippen LogP contribution in [-0.4, -0.2) is 26.9 Å². The van der Waals surface area contributed by atoms with Gasteiger partial charge in [0.1, 0.15) is 5.69 Å². The molecular weight excluding hydrogens is 378 g/mol. The van der Waals surface area contributed by atoms with Crippen LogP contribution in [0, 0.1) is 10.1 Å². The van der Waals surface area contributed by atoms with Gasteiger partial charge in [-0.15, -0.1) is 0 Å². The average Bonchev–Trinajstić information content (AvgIpc) is 2.64. The monoisotopic (exact) mass is 389 g/mol. The number of anilines is 1. The van der Waals surface area contributed by atoms with Gasteiger partial charge in [-0.3, -0.25) is 24.5 Å². The van der Waals surface area contributed by atoms with Gasteiger partial charge in [-0.25, -0.2) is 4.68 Å². The Kier molecular flexibility index (Phi) is 4.65. The molecule has 4 N–H and O–H groups in total. The summed E-state index contributed by atoms with van der Waals surface area (Å²) < 4.78 is 0.639. The van der Waals surface area contributed by atoms with E-state index in [0.29, 0.717) is 10.2 Å². The van der Waals surface area contributed by atoms with Crippen LogP contribution in [0.3, 0.4) is 0 Å². The van der Waals surface area contributed by atoms with Gasteiger partial charge in [0.15, 0.2) is 11.3 Å². The summed E-state index contributed by atoms with van der Waals surface area (Å²) in [7, 11) is 0. The Hall–Kier alpha value is -3.66. The summed E-state index contributed by atoms with van der Waals surface area (Å²) in [4.78, 5) is 49.2. The molecule has 0 aliphatic rings.